The highest BCUT2D eigenvalue weighted by Gasteiger charge is 2.19. The van der Waals surface area contributed by atoms with Gasteiger partial charge >= 0.3 is 0 Å². The van der Waals surface area contributed by atoms with Crippen molar-refractivity contribution in [3.63, 3.8) is 0 Å². The average Bonchev–Trinajstić information content (AvgIpc) is 2.28. The third-order valence-corrected chi connectivity index (χ3v) is 3.23. The van der Waals surface area contributed by atoms with Crippen molar-refractivity contribution < 1.29 is 15.3 Å². The molecule has 4 nitrogen and oxygen atoms in total. The molecule has 4 heteroatoms. The molecule has 0 saturated carbocycles. The Morgan fingerprint density at radius 3 is 2.76 bits per heavy atom. The third kappa shape index (κ3) is 2.70. The highest BCUT2D eigenvalue weighted by molar-refractivity contribution is 5.54. The van der Waals surface area contributed by atoms with Gasteiger partial charge in [-0.05, 0) is 25.8 Å². The lowest BCUT2D eigenvalue weighted by Crippen LogP contribution is -2.38. The molecule has 2 unspecified atom stereocenters. The van der Waals surface area contributed by atoms with E-state index in [0.717, 1.165) is 25.1 Å². The average molecular weight is 237 g/mol. The van der Waals surface area contributed by atoms with Crippen molar-refractivity contribution >= 4 is 5.69 Å². The summed E-state index contributed by atoms with van der Waals surface area (Å²) in [5, 5.41) is 28.9. The molecule has 3 N–H and O–H groups in total. The van der Waals surface area contributed by atoms with E-state index < -0.39 is 6.10 Å². The molecule has 0 spiro atoms. The van der Waals surface area contributed by atoms with Crippen LogP contribution in [0.25, 0.3) is 0 Å². The number of aromatic hydroxyl groups is 1. The SMILES string of the molecule is CC(O)c1ccc(N2CCCC(O)C2)cc1O. The molecule has 1 aromatic carbocycles. The molecule has 0 bridgehead atoms. The summed E-state index contributed by atoms with van der Waals surface area (Å²) in [6.45, 7) is 3.12. The summed E-state index contributed by atoms with van der Waals surface area (Å²) in [6, 6.07) is 5.26. The molecule has 0 aromatic heterocycles. The van der Waals surface area contributed by atoms with Crippen molar-refractivity contribution in [2.24, 2.45) is 0 Å². The summed E-state index contributed by atoms with van der Waals surface area (Å²) in [5.41, 5.74) is 1.43. The molecule has 1 aliphatic heterocycles. The lowest BCUT2D eigenvalue weighted by Gasteiger charge is -2.32. The number of nitrogens with zero attached hydrogens (tertiary/aromatic N) is 1. The van der Waals surface area contributed by atoms with Crippen LogP contribution in [0.15, 0.2) is 18.2 Å². The van der Waals surface area contributed by atoms with Gasteiger partial charge in [0.05, 0.1) is 12.2 Å². The van der Waals surface area contributed by atoms with Gasteiger partial charge in [0.1, 0.15) is 5.75 Å². The number of aliphatic hydroxyl groups is 2. The van der Waals surface area contributed by atoms with Crippen LogP contribution in [0.1, 0.15) is 31.4 Å². The maximum atomic E-state index is 9.81. The van der Waals surface area contributed by atoms with Gasteiger partial charge in [-0.1, -0.05) is 6.07 Å². The van der Waals surface area contributed by atoms with Crippen LogP contribution in [0.4, 0.5) is 5.69 Å². The lowest BCUT2D eigenvalue weighted by molar-refractivity contribution is 0.154. The molecule has 0 amide bonds. The first-order valence-corrected chi connectivity index (χ1v) is 6.02. The molecule has 1 aliphatic rings. The van der Waals surface area contributed by atoms with Crippen molar-refractivity contribution in [3.8, 4) is 5.75 Å². The molecule has 0 radical (unpaired) electrons. The van der Waals surface area contributed by atoms with Crippen LogP contribution in [0.3, 0.4) is 0 Å². The van der Waals surface area contributed by atoms with Crippen LogP contribution >= 0.6 is 0 Å². The first-order chi connectivity index (χ1) is 8.08. The monoisotopic (exact) mass is 237 g/mol. The summed E-state index contributed by atoms with van der Waals surface area (Å²) in [6.07, 6.45) is 0.840. The summed E-state index contributed by atoms with van der Waals surface area (Å²) in [5.74, 6) is 0.109. The van der Waals surface area contributed by atoms with Gasteiger partial charge in [-0.25, -0.2) is 0 Å². The Balaban J connectivity index is 2.19. The number of β-amino-alcohol motifs (C(OH)–C–C–N with tert-alkyl or cyclic N) is 1. The van der Waals surface area contributed by atoms with E-state index in [9.17, 15) is 15.3 Å². The maximum Gasteiger partial charge on any atom is 0.123 e. The molecule has 1 heterocycles. The van der Waals surface area contributed by atoms with Gasteiger partial charge in [0.25, 0.3) is 0 Å². The predicted octanol–water partition coefficient (Wildman–Crippen LogP) is 1.41. The molecule has 1 saturated heterocycles. The zero-order valence-electron chi connectivity index (χ0n) is 10.0. The number of phenols is 1. The third-order valence-electron chi connectivity index (χ3n) is 3.23. The van der Waals surface area contributed by atoms with Crippen molar-refractivity contribution in [2.45, 2.75) is 32.0 Å². The van der Waals surface area contributed by atoms with Crippen molar-refractivity contribution in [1.29, 1.82) is 0 Å². The Morgan fingerprint density at radius 2 is 2.18 bits per heavy atom. The van der Waals surface area contributed by atoms with Crippen molar-refractivity contribution in [2.75, 3.05) is 18.0 Å². The number of hydrogen-bond donors (Lipinski definition) is 3. The molecule has 1 aromatic rings. The van der Waals surface area contributed by atoms with E-state index in [1.54, 1.807) is 19.1 Å². The van der Waals surface area contributed by atoms with Gasteiger partial charge in [-0.3, -0.25) is 0 Å². The van der Waals surface area contributed by atoms with Crippen LogP contribution in [0, 0.1) is 0 Å². The fourth-order valence-electron chi connectivity index (χ4n) is 2.27. The Hall–Kier alpha value is -1.26. The zero-order chi connectivity index (χ0) is 12.4. The summed E-state index contributed by atoms with van der Waals surface area (Å²) in [7, 11) is 0. The van der Waals surface area contributed by atoms with E-state index >= 15 is 0 Å². The molecule has 1 fully saturated rings. The van der Waals surface area contributed by atoms with E-state index in [2.05, 4.69) is 4.90 Å². The van der Waals surface area contributed by atoms with E-state index in [0.29, 0.717) is 12.1 Å². The molecular formula is C13H19NO3. The Bertz CT molecular complexity index is 392. The fourth-order valence-corrected chi connectivity index (χ4v) is 2.27. The number of phenolic OH excluding ortho intramolecular Hbond substituents is 1. The van der Waals surface area contributed by atoms with Gasteiger partial charge in [0.15, 0.2) is 0 Å². The van der Waals surface area contributed by atoms with Crippen LogP contribution in [0.2, 0.25) is 0 Å². The van der Waals surface area contributed by atoms with Gasteiger partial charge < -0.3 is 20.2 Å². The number of benzene rings is 1. The number of rotatable bonds is 2. The van der Waals surface area contributed by atoms with Crippen molar-refractivity contribution in [3.05, 3.63) is 23.8 Å². The van der Waals surface area contributed by atoms with E-state index in [1.807, 2.05) is 6.07 Å². The molecule has 0 aliphatic carbocycles. The van der Waals surface area contributed by atoms with E-state index in [1.165, 1.54) is 0 Å². The zero-order valence-corrected chi connectivity index (χ0v) is 10.0. The second-order valence-electron chi connectivity index (χ2n) is 4.66. The van der Waals surface area contributed by atoms with Crippen LogP contribution in [0.5, 0.6) is 5.75 Å². The van der Waals surface area contributed by atoms with Gasteiger partial charge in [-0.2, -0.15) is 0 Å². The quantitative estimate of drug-likeness (QED) is 0.727. The summed E-state index contributed by atoms with van der Waals surface area (Å²) < 4.78 is 0. The van der Waals surface area contributed by atoms with Crippen LogP contribution in [-0.4, -0.2) is 34.5 Å². The lowest BCUT2D eigenvalue weighted by atomic mass is 10.1. The van der Waals surface area contributed by atoms with Gasteiger partial charge in [0, 0.05) is 30.4 Å². The molecule has 17 heavy (non-hydrogen) atoms. The second kappa shape index (κ2) is 4.94. The Morgan fingerprint density at radius 1 is 1.41 bits per heavy atom. The van der Waals surface area contributed by atoms with Gasteiger partial charge in [0.2, 0.25) is 0 Å². The first kappa shape index (κ1) is 12.2. The number of anilines is 1. The Labute approximate surface area is 101 Å². The van der Waals surface area contributed by atoms with Crippen LogP contribution in [-0.2, 0) is 0 Å². The molecule has 94 valence electrons. The minimum Gasteiger partial charge on any atom is -0.507 e. The number of hydrogen-bond acceptors (Lipinski definition) is 4. The maximum absolute atomic E-state index is 9.81. The largest absolute Gasteiger partial charge is 0.507 e. The predicted molar refractivity (Wildman–Crippen MR) is 66.2 cm³/mol. The highest BCUT2D eigenvalue weighted by atomic mass is 16.3. The minimum atomic E-state index is -0.670. The van der Waals surface area contributed by atoms with E-state index in [4.69, 9.17) is 0 Å². The first-order valence-electron chi connectivity index (χ1n) is 6.02. The molecular weight excluding hydrogens is 218 g/mol. The standard InChI is InChI=1S/C13H19NO3/c1-9(15)12-5-4-10(7-13(12)17)14-6-2-3-11(16)8-14/h4-5,7,9,11,15-17H,2-3,6,8H2,1H3. The minimum absolute atomic E-state index is 0.109. The van der Waals surface area contributed by atoms with Crippen LogP contribution < -0.4 is 4.90 Å². The molecule has 2 rings (SSSR count). The summed E-state index contributed by atoms with van der Waals surface area (Å²) in [4.78, 5) is 2.06. The van der Waals surface area contributed by atoms with Crippen molar-refractivity contribution in [1.82, 2.24) is 0 Å². The normalized spacial score (nSPS) is 22.5. The number of aliphatic hydroxyl groups excluding tert-OH is 2. The van der Waals surface area contributed by atoms with E-state index in [-0.39, 0.29) is 11.9 Å². The summed E-state index contributed by atoms with van der Waals surface area (Å²) >= 11 is 0. The fraction of sp³-hybridized carbons (Fsp3) is 0.538. The smallest absolute Gasteiger partial charge is 0.123 e. The molecule has 2 atom stereocenters. The topological polar surface area (TPSA) is 63.9 Å². The van der Waals surface area contributed by atoms with Gasteiger partial charge in [-0.15, -0.1) is 0 Å². The number of piperidine rings is 1. The highest BCUT2D eigenvalue weighted by Crippen LogP contribution is 2.30. The second-order valence-corrected chi connectivity index (χ2v) is 4.66. The Kier molecular flexibility index (Phi) is 3.54.